The standard InChI is InChI=1S/C16H20N4O3/c1-3-22-16-9(2)14(15(18)21)19-20(16)12-5-4-10-6-11(17)8-23-13(10)7-12/h4-5,7,11H,3,6,8,17H2,1-2H3,(H2,18,21)/t11-/m1/s1. The molecule has 122 valence electrons. The number of ether oxygens (including phenoxy) is 2. The van der Waals surface area contributed by atoms with E-state index in [0.717, 1.165) is 23.4 Å². The molecule has 0 saturated heterocycles. The van der Waals surface area contributed by atoms with Gasteiger partial charge in [-0.1, -0.05) is 6.07 Å². The number of benzene rings is 1. The van der Waals surface area contributed by atoms with Gasteiger partial charge >= 0.3 is 0 Å². The number of nitrogens with two attached hydrogens (primary N) is 2. The molecule has 0 spiro atoms. The third-order valence-corrected chi connectivity index (χ3v) is 3.81. The summed E-state index contributed by atoms with van der Waals surface area (Å²) in [7, 11) is 0. The summed E-state index contributed by atoms with van der Waals surface area (Å²) < 4.78 is 12.9. The van der Waals surface area contributed by atoms with Crippen LogP contribution in [0.5, 0.6) is 11.6 Å². The summed E-state index contributed by atoms with van der Waals surface area (Å²) in [5, 5.41) is 4.30. The van der Waals surface area contributed by atoms with Crippen LogP contribution in [0.3, 0.4) is 0 Å². The van der Waals surface area contributed by atoms with Crippen molar-refractivity contribution < 1.29 is 14.3 Å². The molecule has 0 saturated carbocycles. The van der Waals surface area contributed by atoms with E-state index in [1.807, 2.05) is 25.1 Å². The van der Waals surface area contributed by atoms with Crippen LogP contribution in [0.15, 0.2) is 18.2 Å². The van der Waals surface area contributed by atoms with Gasteiger partial charge in [-0.15, -0.1) is 0 Å². The monoisotopic (exact) mass is 316 g/mol. The summed E-state index contributed by atoms with van der Waals surface area (Å²) >= 11 is 0. The summed E-state index contributed by atoms with van der Waals surface area (Å²) in [4.78, 5) is 11.5. The summed E-state index contributed by atoms with van der Waals surface area (Å²) in [6, 6.07) is 5.75. The SMILES string of the molecule is CCOc1c(C)c(C(N)=O)nn1-c1ccc2c(c1)OC[C@H](N)C2. The maximum absolute atomic E-state index is 11.5. The molecule has 0 unspecified atom stereocenters. The lowest BCUT2D eigenvalue weighted by atomic mass is 10.0. The fraction of sp³-hybridized carbons (Fsp3) is 0.375. The number of aromatic nitrogens is 2. The molecule has 2 heterocycles. The Morgan fingerprint density at radius 1 is 1.52 bits per heavy atom. The van der Waals surface area contributed by atoms with Crippen LogP contribution in [0.4, 0.5) is 0 Å². The van der Waals surface area contributed by atoms with E-state index >= 15 is 0 Å². The van der Waals surface area contributed by atoms with Gasteiger partial charge in [-0.3, -0.25) is 4.79 Å². The molecule has 1 amide bonds. The predicted octanol–water partition coefficient (Wildman–Crippen LogP) is 0.941. The number of rotatable bonds is 4. The van der Waals surface area contributed by atoms with Crippen LogP contribution in [-0.4, -0.2) is 34.9 Å². The highest BCUT2D eigenvalue weighted by Crippen LogP contribution is 2.31. The first-order valence-corrected chi connectivity index (χ1v) is 7.55. The van der Waals surface area contributed by atoms with E-state index in [9.17, 15) is 4.79 Å². The lowest BCUT2D eigenvalue weighted by Crippen LogP contribution is -2.33. The third kappa shape index (κ3) is 2.75. The van der Waals surface area contributed by atoms with Gasteiger partial charge in [0.1, 0.15) is 12.4 Å². The van der Waals surface area contributed by atoms with Gasteiger partial charge < -0.3 is 20.9 Å². The second kappa shape index (κ2) is 5.92. The van der Waals surface area contributed by atoms with E-state index in [4.69, 9.17) is 20.9 Å². The molecule has 1 aromatic heterocycles. The van der Waals surface area contributed by atoms with Crippen molar-refractivity contribution in [3.05, 3.63) is 35.0 Å². The van der Waals surface area contributed by atoms with Crippen molar-refractivity contribution in [2.24, 2.45) is 11.5 Å². The predicted molar refractivity (Wildman–Crippen MR) is 85.2 cm³/mol. The smallest absolute Gasteiger partial charge is 0.269 e. The van der Waals surface area contributed by atoms with Crippen LogP contribution in [0.25, 0.3) is 5.69 Å². The molecule has 2 aromatic rings. The quantitative estimate of drug-likeness (QED) is 0.873. The zero-order chi connectivity index (χ0) is 16.6. The van der Waals surface area contributed by atoms with Crippen LogP contribution in [0.2, 0.25) is 0 Å². The van der Waals surface area contributed by atoms with Gasteiger partial charge in [0.2, 0.25) is 5.88 Å². The number of carbonyl (C=O) groups is 1. The molecule has 0 fully saturated rings. The Labute approximate surface area is 134 Å². The molecule has 7 nitrogen and oxygen atoms in total. The van der Waals surface area contributed by atoms with Crippen molar-refractivity contribution in [1.82, 2.24) is 9.78 Å². The van der Waals surface area contributed by atoms with E-state index < -0.39 is 5.91 Å². The van der Waals surface area contributed by atoms with Crippen molar-refractivity contribution in [2.45, 2.75) is 26.3 Å². The first kappa shape index (κ1) is 15.4. The molecule has 1 aliphatic heterocycles. The maximum Gasteiger partial charge on any atom is 0.269 e. The topological polar surface area (TPSA) is 105 Å². The van der Waals surface area contributed by atoms with E-state index in [0.29, 0.717) is 24.7 Å². The highest BCUT2D eigenvalue weighted by atomic mass is 16.5. The van der Waals surface area contributed by atoms with E-state index in [2.05, 4.69) is 5.10 Å². The molecule has 4 N–H and O–H groups in total. The van der Waals surface area contributed by atoms with Gasteiger partial charge in [0.05, 0.1) is 12.3 Å². The largest absolute Gasteiger partial charge is 0.492 e. The van der Waals surface area contributed by atoms with Crippen molar-refractivity contribution in [3.63, 3.8) is 0 Å². The second-order valence-electron chi connectivity index (χ2n) is 5.56. The minimum atomic E-state index is -0.581. The van der Waals surface area contributed by atoms with E-state index in [-0.39, 0.29) is 11.7 Å². The molecule has 1 aliphatic rings. The number of nitrogens with zero attached hydrogens (tertiary/aromatic N) is 2. The first-order valence-electron chi connectivity index (χ1n) is 7.55. The molecular weight excluding hydrogens is 296 g/mol. The Balaban J connectivity index is 2.08. The Kier molecular flexibility index (Phi) is 3.96. The molecule has 0 aliphatic carbocycles. The normalized spacial score (nSPS) is 16.6. The lowest BCUT2D eigenvalue weighted by molar-refractivity contribution is 0.0994. The fourth-order valence-corrected chi connectivity index (χ4v) is 2.71. The first-order chi connectivity index (χ1) is 11.0. The van der Waals surface area contributed by atoms with E-state index in [1.54, 1.807) is 11.6 Å². The van der Waals surface area contributed by atoms with Gasteiger partial charge in [-0.05, 0) is 31.9 Å². The van der Waals surface area contributed by atoms with Crippen LogP contribution in [0, 0.1) is 6.92 Å². The fourth-order valence-electron chi connectivity index (χ4n) is 2.71. The molecule has 23 heavy (non-hydrogen) atoms. The Bertz CT molecular complexity index is 754. The average molecular weight is 316 g/mol. The number of carbonyl (C=O) groups excluding carboxylic acids is 1. The summed E-state index contributed by atoms with van der Waals surface area (Å²) in [5.74, 6) is 0.705. The zero-order valence-corrected chi connectivity index (χ0v) is 13.2. The number of primary amides is 1. The minimum Gasteiger partial charge on any atom is -0.492 e. The second-order valence-corrected chi connectivity index (χ2v) is 5.56. The van der Waals surface area contributed by atoms with Gasteiger partial charge in [0.15, 0.2) is 5.69 Å². The number of amides is 1. The van der Waals surface area contributed by atoms with Crippen LogP contribution >= 0.6 is 0 Å². The molecule has 1 atom stereocenters. The van der Waals surface area contributed by atoms with Gasteiger partial charge in [0, 0.05) is 17.7 Å². The van der Waals surface area contributed by atoms with Crippen molar-refractivity contribution in [2.75, 3.05) is 13.2 Å². The Hall–Kier alpha value is -2.54. The highest BCUT2D eigenvalue weighted by Gasteiger charge is 2.22. The van der Waals surface area contributed by atoms with Gasteiger partial charge in [-0.2, -0.15) is 9.78 Å². The summed E-state index contributed by atoms with van der Waals surface area (Å²) in [6.07, 6.45) is 0.776. The Morgan fingerprint density at radius 2 is 2.30 bits per heavy atom. The molecule has 0 bridgehead atoms. The lowest BCUT2D eigenvalue weighted by Gasteiger charge is -2.23. The number of fused-ring (bicyclic) bond motifs is 1. The highest BCUT2D eigenvalue weighted by molar-refractivity contribution is 5.92. The van der Waals surface area contributed by atoms with Gasteiger partial charge in [0.25, 0.3) is 5.91 Å². The van der Waals surface area contributed by atoms with E-state index in [1.165, 1.54) is 0 Å². The number of hydrogen-bond acceptors (Lipinski definition) is 5. The van der Waals surface area contributed by atoms with Crippen LogP contribution < -0.4 is 20.9 Å². The summed E-state index contributed by atoms with van der Waals surface area (Å²) in [6.45, 7) is 4.58. The molecular formula is C16H20N4O3. The molecule has 3 rings (SSSR count). The molecule has 0 radical (unpaired) electrons. The zero-order valence-electron chi connectivity index (χ0n) is 13.2. The minimum absolute atomic E-state index is 0.0146. The molecule has 1 aromatic carbocycles. The van der Waals surface area contributed by atoms with Crippen molar-refractivity contribution >= 4 is 5.91 Å². The van der Waals surface area contributed by atoms with Crippen molar-refractivity contribution in [3.8, 4) is 17.3 Å². The van der Waals surface area contributed by atoms with Crippen molar-refractivity contribution in [1.29, 1.82) is 0 Å². The summed E-state index contributed by atoms with van der Waals surface area (Å²) in [5.41, 5.74) is 13.9. The maximum atomic E-state index is 11.5. The van der Waals surface area contributed by atoms with Gasteiger partial charge in [-0.25, -0.2) is 0 Å². The van der Waals surface area contributed by atoms with Crippen LogP contribution in [0.1, 0.15) is 28.5 Å². The molecule has 7 heteroatoms. The number of hydrogen-bond donors (Lipinski definition) is 2. The van der Waals surface area contributed by atoms with Crippen LogP contribution in [-0.2, 0) is 6.42 Å². The third-order valence-electron chi connectivity index (χ3n) is 3.81. The Morgan fingerprint density at radius 3 is 3.00 bits per heavy atom. The average Bonchev–Trinajstić information content (AvgIpc) is 2.85.